The van der Waals surface area contributed by atoms with Gasteiger partial charge in [0.1, 0.15) is 5.82 Å². The quantitative estimate of drug-likeness (QED) is 0.903. The van der Waals surface area contributed by atoms with Crippen LogP contribution in [-0.2, 0) is 6.42 Å². The molecule has 18 heavy (non-hydrogen) atoms. The number of thioether (sulfide) groups is 1. The van der Waals surface area contributed by atoms with Crippen LogP contribution < -0.4 is 5.73 Å². The van der Waals surface area contributed by atoms with Crippen LogP contribution in [0.4, 0.5) is 4.39 Å². The van der Waals surface area contributed by atoms with Crippen LogP contribution in [0.2, 0.25) is 0 Å². The zero-order valence-corrected chi connectivity index (χ0v) is 11.8. The second-order valence-electron chi connectivity index (χ2n) is 5.33. The molecule has 1 aromatic rings. The molecule has 3 heteroatoms. The fourth-order valence-corrected chi connectivity index (χ4v) is 3.84. The number of hydrogen-bond acceptors (Lipinski definition) is 2. The minimum Gasteiger partial charge on any atom is -0.327 e. The van der Waals surface area contributed by atoms with Gasteiger partial charge in [0.15, 0.2) is 0 Å². The molecule has 0 radical (unpaired) electrons. The molecular weight excluding hydrogens is 245 g/mol. The first kappa shape index (κ1) is 13.9. The Labute approximate surface area is 113 Å². The molecule has 1 nitrogen and oxygen atoms in total. The van der Waals surface area contributed by atoms with Crippen LogP contribution in [0.15, 0.2) is 18.2 Å². The van der Waals surface area contributed by atoms with Crippen molar-refractivity contribution in [3.8, 4) is 0 Å². The van der Waals surface area contributed by atoms with Crippen molar-refractivity contribution >= 4 is 11.8 Å². The molecule has 1 fully saturated rings. The van der Waals surface area contributed by atoms with E-state index in [9.17, 15) is 4.39 Å². The van der Waals surface area contributed by atoms with Gasteiger partial charge in [-0.2, -0.15) is 11.8 Å². The van der Waals surface area contributed by atoms with E-state index in [2.05, 4.69) is 0 Å². The van der Waals surface area contributed by atoms with Gasteiger partial charge in [0.05, 0.1) is 0 Å². The van der Waals surface area contributed by atoms with Gasteiger partial charge in [-0.25, -0.2) is 4.39 Å². The lowest BCUT2D eigenvalue weighted by atomic mass is 9.90. The molecule has 0 aromatic heterocycles. The number of hydrogen-bond donors (Lipinski definition) is 1. The molecule has 1 aromatic carbocycles. The number of benzene rings is 1. The summed E-state index contributed by atoms with van der Waals surface area (Å²) in [6.45, 7) is 2.03. The van der Waals surface area contributed by atoms with Crippen LogP contribution in [0.1, 0.15) is 30.4 Å². The van der Waals surface area contributed by atoms with Crippen molar-refractivity contribution in [2.75, 3.05) is 11.5 Å². The van der Waals surface area contributed by atoms with Crippen molar-refractivity contribution in [3.05, 3.63) is 35.1 Å². The summed E-state index contributed by atoms with van der Waals surface area (Å²) in [6, 6.07) is 5.15. The van der Waals surface area contributed by atoms with E-state index in [4.69, 9.17) is 5.73 Å². The van der Waals surface area contributed by atoms with Gasteiger partial charge in [-0.3, -0.25) is 0 Å². The van der Waals surface area contributed by atoms with Gasteiger partial charge in [0.25, 0.3) is 0 Å². The van der Waals surface area contributed by atoms with E-state index in [1.807, 2.05) is 24.8 Å². The minimum atomic E-state index is -0.156. The summed E-state index contributed by atoms with van der Waals surface area (Å²) in [5, 5.41) is 0. The molecule has 0 bridgehead atoms. The third kappa shape index (κ3) is 3.99. The monoisotopic (exact) mass is 267 g/mol. The molecule has 2 N–H and O–H groups in total. The Bertz CT molecular complexity index is 388. The highest BCUT2D eigenvalue weighted by atomic mass is 32.2. The fraction of sp³-hybridized carbons (Fsp3) is 0.600. The first-order valence-corrected chi connectivity index (χ1v) is 7.89. The summed E-state index contributed by atoms with van der Waals surface area (Å²) >= 11 is 2.04. The SMILES string of the molecule is Cc1ccc(F)cc1CC(N)CC1CCSCC1. The Morgan fingerprint density at radius 2 is 2.11 bits per heavy atom. The Morgan fingerprint density at radius 3 is 2.83 bits per heavy atom. The van der Waals surface area contributed by atoms with E-state index < -0.39 is 0 Å². The maximum Gasteiger partial charge on any atom is 0.123 e. The standard InChI is InChI=1S/C15H22FNS/c1-11-2-3-14(16)9-13(11)10-15(17)8-12-4-6-18-7-5-12/h2-3,9,12,15H,4-8,10,17H2,1H3. The average molecular weight is 267 g/mol. The van der Waals surface area contributed by atoms with Crippen LogP contribution in [0.5, 0.6) is 0 Å². The molecule has 0 aliphatic carbocycles. The molecule has 0 amide bonds. The molecule has 1 saturated heterocycles. The number of rotatable bonds is 4. The van der Waals surface area contributed by atoms with E-state index in [0.717, 1.165) is 29.9 Å². The van der Waals surface area contributed by atoms with Crippen LogP contribution in [0, 0.1) is 18.7 Å². The van der Waals surface area contributed by atoms with Crippen molar-refractivity contribution < 1.29 is 4.39 Å². The number of halogens is 1. The summed E-state index contributed by atoms with van der Waals surface area (Å²) in [5.74, 6) is 3.17. The molecule has 0 spiro atoms. The molecule has 2 rings (SSSR count). The lowest BCUT2D eigenvalue weighted by Crippen LogP contribution is -2.28. The second kappa shape index (κ2) is 6.58. The largest absolute Gasteiger partial charge is 0.327 e. The highest BCUT2D eigenvalue weighted by molar-refractivity contribution is 7.99. The molecule has 1 atom stereocenters. The van der Waals surface area contributed by atoms with Crippen LogP contribution in [-0.4, -0.2) is 17.5 Å². The summed E-state index contributed by atoms with van der Waals surface area (Å²) in [4.78, 5) is 0. The van der Waals surface area contributed by atoms with Crippen LogP contribution in [0.3, 0.4) is 0 Å². The van der Waals surface area contributed by atoms with Crippen LogP contribution in [0.25, 0.3) is 0 Å². The molecule has 1 unspecified atom stereocenters. The average Bonchev–Trinajstić information content (AvgIpc) is 2.35. The second-order valence-corrected chi connectivity index (χ2v) is 6.55. The highest BCUT2D eigenvalue weighted by Crippen LogP contribution is 2.26. The van der Waals surface area contributed by atoms with E-state index in [1.54, 1.807) is 6.07 Å². The van der Waals surface area contributed by atoms with Crippen molar-refractivity contribution in [3.63, 3.8) is 0 Å². The third-order valence-corrected chi connectivity index (χ3v) is 4.82. The number of nitrogens with two attached hydrogens (primary N) is 1. The topological polar surface area (TPSA) is 26.0 Å². The maximum atomic E-state index is 13.2. The molecule has 1 aliphatic rings. The zero-order valence-electron chi connectivity index (χ0n) is 11.0. The van der Waals surface area contributed by atoms with Crippen molar-refractivity contribution in [1.82, 2.24) is 0 Å². The predicted octanol–water partition coefficient (Wildman–Crippen LogP) is 3.54. The molecule has 100 valence electrons. The Hall–Kier alpha value is -0.540. The van der Waals surface area contributed by atoms with Gasteiger partial charge in [-0.1, -0.05) is 6.07 Å². The van der Waals surface area contributed by atoms with E-state index in [1.165, 1.54) is 30.4 Å². The van der Waals surface area contributed by atoms with Crippen LogP contribution >= 0.6 is 11.8 Å². The van der Waals surface area contributed by atoms with E-state index in [-0.39, 0.29) is 11.9 Å². The van der Waals surface area contributed by atoms with Gasteiger partial charge >= 0.3 is 0 Å². The lowest BCUT2D eigenvalue weighted by Gasteiger charge is -2.24. The van der Waals surface area contributed by atoms with Crippen molar-refractivity contribution in [1.29, 1.82) is 0 Å². The highest BCUT2D eigenvalue weighted by Gasteiger charge is 2.17. The lowest BCUT2D eigenvalue weighted by molar-refractivity contribution is 0.405. The first-order chi connectivity index (χ1) is 8.65. The zero-order chi connectivity index (χ0) is 13.0. The fourth-order valence-electron chi connectivity index (χ4n) is 2.64. The normalized spacial score (nSPS) is 18.8. The summed E-state index contributed by atoms with van der Waals surface area (Å²) in [7, 11) is 0. The Morgan fingerprint density at radius 1 is 1.39 bits per heavy atom. The summed E-state index contributed by atoms with van der Waals surface area (Å²) in [6.07, 6.45) is 4.46. The maximum absolute atomic E-state index is 13.2. The predicted molar refractivity (Wildman–Crippen MR) is 77.5 cm³/mol. The van der Waals surface area contributed by atoms with Gasteiger partial charge in [-0.15, -0.1) is 0 Å². The third-order valence-electron chi connectivity index (χ3n) is 3.77. The first-order valence-electron chi connectivity index (χ1n) is 6.73. The molecular formula is C15H22FNS. The number of aryl methyl sites for hydroxylation is 1. The van der Waals surface area contributed by atoms with E-state index in [0.29, 0.717) is 0 Å². The molecule has 1 heterocycles. The van der Waals surface area contributed by atoms with Gasteiger partial charge in [0, 0.05) is 6.04 Å². The van der Waals surface area contributed by atoms with Gasteiger partial charge in [-0.05, 0) is 73.3 Å². The van der Waals surface area contributed by atoms with Gasteiger partial charge in [0.2, 0.25) is 0 Å². The minimum absolute atomic E-state index is 0.156. The Kier molecular flexibility index (Phi) is 5.07. The van der Waals surface area contributed by atoms with E-state index >= 15 is 0 Å². The van der Waals surface area contributed by atoms with Crippen molar-refractivity contribution in [2.45, 2.75) is 38.6 Å². The summed E-state index contributed by atoms with van der Waals surface area (Å²) in [5.41, 5.74) is 8.43. The summed E-state index contributed by atoms with van der Waals surface area (Å²) < 4.78 is 13.2. The molecule has 1 aliphatic heterocycles. The smallest absolute Gasteiger partial charge is 0.123 e. The molecule has 0 saturated carbocycles. The Balaban J connectivity index is 1.89. The van der Waals surface area contributed by atoms with Crippen molar-refractivity contribution in [2.24, 2.45) is 11.7 Å². The van der Waals surface area contributed by atoms with Gasteiger partial charge < -0.3 is 5.73 Å².